The Bertz CT molecular complexity index is 719. The monoisotopic (exact) mass is 409 g/mol. The molecule has 2 aromatic carbocycles. The number of ether oxygens (including phenoxy) is 2. The summed E-state index contributed by atoms with van der Waals surface area (Å²) in [6.07, 6.45) is 1.63. The first-order chi connectivity index (χ1) is 12.0. The highest BCUT2D eigenvalue weighted by Gasteiger charge is 2.10. The molecule has 134 valence electrons. The van der Waals surface area contributed by atoms with Crippen LogP contribution in [0.2, 0.25) is 0 Å². The number of rotatable bonds is 8. The molecule has 0 unspecified atom stereocenters. The van der Waals surface area contributed by atoms with Gasteiger partial charge in [-0.2, -0.15) is 0 Å². The van der Waals surface area contributed by atoms with E-state index >= 15 is 0 Å². The Balaban J connectivity index is 1.81. The normalized spacial score (nSPS) is 10.4. The molecule has 0 spiro atoms. The molecule has 0 saturated carbocycles. The van der Waals surface area contributed by atoms with Gasteiger partial charge in [0.05, 0.1) is 14.2 Å². The van der Waals surface area contributed by atoms with Gasteiger partial charge in [0.25, 0.3) is 0 Å². The van der Waals surface area contributed by atoms with Crippen molar-refractivity contribution in [2.45, 2.75) is 19.3 Å². The predicted octanol–water partition coefficient (Wildman–Crippen LogP) is 3.90. The third-order valence-corrected chi connectivity index (χ3v) is 4.56. The Morgan fingerprint density at radius 2 is 1.72 bits per heavy atom. The van der Waals surface area contributed by atoms with Gasteiger partial charge in [0.2, 0.25) is 5.91 Å². The van der Waals surface area contributed by atoms with Crippen LogP contribution in [0.1, 0.15) is 17.5 Å². The Morgan fingerprint density at radius 1 is 1.08 bits per heavy atom. The molecule has 1 amide bonds. The summed E-state index contributed by atoms with van der Waals surface area (Å²) in [5, 5.41) is 2.90. The summed E-state index contributed by atoms with van der Waals surface area (Å²) in [5.41, 5.74) is 1.97. The van der Waals surface area contributed by atoms with E-state index in [2.05, 4.69) is 21.2 Å². The second kappa shape index (κ2) is 9.42. The molecule has 0 aliphatic rings. The first-order valence-corrected chi connectivity index (χ1v) is 8.74. The van der Waals surface area contributed by atoms with Gasteiger partial charge >= 0.3 is 0 Å². The van der Waals surface area contributed by atoms with Crippen LogP contribution in [0.25, 0.3) is 0 Å². The average Bonchev–Trinajstić information content (AvgIpc) is 2.62. The van der Waals surface area contributed by atoms with Crippen molar-refractivity contribution in [1.29, 1.82) is 0 Å². The highest BCUT2D eigenvalue weighted by Crippen LogP contribution is 2.33. The lowest BCUT2D eigenvalue weighted by atomic mass is 10.1. The van der Waals surface area contributed by atoms with Gasteiger partial charge in [0, 0.05) is 17.4 Å². The molecule has 1 N–H and O–H groups in total. The maximum Gasteiger partial charge on any atom is 0.220 e. The predicted molar refractivity (Wildman–Crippen MR) is 98.7 cm³/mol. The molecule has 2 aromatic rings. The number of carbonyl (C=O) groups is 1. The Hall–Kier alpha value is -2.08. The minimum atomic E-state index is -0.270. The number of benzene rings is 2. The topological polar surface area (TPSA) is 47.6 Å². The fourth-order valence-electron chi connectivity index (χ4n) is 2.42. The van der Waals surface area contributed by atoms with Crippen molar-refractivity contribution in [1.82, 2.24) is 5.32 Å². The lowest BCUT2D eigenvalue weighted by Crippen LogP contribution is -2.26. The second-order valence-electron chi connectivity index (χ2n) is 5.53. The fourth-order valence-corrected chi connectivity index (χ4v) is 2.94. The van der Waals surface area contributed by atoms with Gasteiger partial charge in [-0.25, -0.2) is 4.39 Å². The zero-order valence-electron chi connectivity index (χ0n) is 14.3. The molecular formula is C19H21BrFNO3. The zero-order valence-corrected chi connectivity index (χ0v) is 15.9. The number of hydrogen-bond donors (Lipinski definition) is 1. The van der Waals surface area contributed by atoms with Gasteiger partial charge < -0.3 is 14.8 Å². The van der Waals surface area contributed by atoms with Crippen LogP contribution in [-0.2, 0) is 17.6 Å². The van der Waals surface area contributed by atoms with Crippen molar-refractivity contribution in [3.8, 4) is 11.5 Å². The van der Waals surface area contributed by atoms with Gasteiger partial charge in [-0.3, -0.25) is 4.79 Å². The Labute approximate surface area is 155 Å². The molecule has 0 radical (unpaired) electrons. The third-order valence-electron chi connectivity index (χ3n) is 3.82. The summed E-state index contributed by atoms with van der Waals surface area (Å²) in [4.78, 5) is 11.9. The molecule has 2 rings (SSSR count). The van der Waals surface area contributed by atoms with E-state index in [1.807, 2.05) is 12.1 Å². The minimum Gasteiger partial charge on any atom is -0.493 e. The summed E-state index contributed by atoms with van der Waals surface area (Å²) in [5.74, 6) is 1.01. The van der Waals surface area contributed by atoms with Crippen LogP contribution in [0.4, 0.5) is 4.39 Å². The summed E-state index contributed by atoms with van der Waals surface area (Å²) < 4.78 is 24.3. The van der Waals surface area contributed by atoms with E-state index in [1.54, 1.807) is 26.4 Å². The maximum atomic E-state index is 12.8. The molecule has 0 heterocycles. The largest absolute Gasteiger partial charge is 0.493 e. The molecule has 0 fully saturated rings. The Kier molecular flexibility index (Phi) is 7.25. The van der Waals surface area contributed by atoms with E-state index < -0.39 is 0 Å². The number of methoxy groups -OCH3 is 2. The van der Waals surface area contributed by atoms with Crippen molar-refractivity contribution < 1.29 is 18.7 Å². The number of hydrogen-bond acceptors (Lipinski definition) is 3. The van der Waals surface area contributed by atoms with Crippen LogP contribution in [0, 0.1) is 5.82 Å². The highest BCUT2D eigenvalue weighted by molar-refractivity contribution is 9.10. The first-order valence-electron chi connectivity index (χ1n) is 7.95. The highest BCUT2D eigenvalue weighted by atomic mass is 79.9. The summed E-state index contributed by atoms with van der Waals surface area (Å²) in [6, 6.07) is 9.95. The SMILES string of the molecule is COc1cc(Br)c(CCNC(=O)CCc2ccc(F)cc2)cc1OC. The number of carbonyl (C=O) groups excluding carboxylic acids is 1. The van der Waals surface area contributed by atoms with Crippen LogP contribution in [0.3, 0.4) is 0 Å². The van der Waals surface area contributed by atoms with Crippen molar-refractivity contribution in [3.05, 3.63) is 57.8 Å². The molecule has 25 heavy (non-hydrogen) atoms. The molecule has 0 aliphatic carbocycles. The maximum absolute atomic E-state index is 12.8. The van der Waals surface area contributed by atoms with E-state index in [-0.39, 0.29) is 11.7 Å². The third kappa shape index (κ3) is 5.74. The number of nitrogens with one attached hydrogen (secondary N) is 1. The lowest BCUT2D eigenvalue weighted by molar-refractivity contribution is -0.121. The molecule has 0 bridgehead atoms. The van der Waals surface area contributed by atoms with Crippen molar-refractivity contribution in [2.75, 3.05) is 20.8 Å². The quantitative estimate of drug-likeness (QED) is 0.718. The van der Waals surface area contributed by atoms with Crippen LogP contribution < -0.4 is 14.8 Å². The molecular weight excluding hydrogens is 389 g/mol. The smallest absolute Gasteiger partial charge is 0.220 e. The molecule has 0 saturated heterocycles. The second-order valence-corrected chi connectivity index (χ2v) is 6.38. The molecule has 4 nitrogen and oxygen atoms in total. The molecule has 0 aliphatic heterocycles. The van der Waals surface area contributed by atoms with Crippen LogP contribution in [-0.4, -0.2) is 26.7 Å². The standard InChI is InChI=1S/C19H21BrFNO3/c1-24-17-11-14(16(20)12-18(17)25-2)9-10-22-19(23)8-5-13-3-6-15(21)7-4-13/h3-4,6-7,11-12H,5,8-10H2,1-2H3,(H,22,23). The zero-order chi connectivity index (χ0) is 18.2. The Morgan fingerprint density at radius 3 is 2.36 bits per heavy atom. The van der Waals surface area contributed by atoms with Gasteiger partial charge in [0.1, 0.15) is 5.82 Å². The lowest BCUT2D eigenvalue weighted by Gasteiger charge is -2.12. The van der Waals surface area contributed by atoms with Gasteiger partial charge in [-0.05, 0) is 48.2 Å². The van der Waals surface area contributed by atoms with Crippen LogP contribution in [0.5, 0.6) is 11.5 Å². The van der Waals surface area contributed by atoms with Crippen molar-refractivity contribution in [2.24, 2.45) is 0 Å². The molecule has 6 heteroatoms. The molecule has 0 aromatic heterocycles. The van der Waals surface area contributed by atoms with Crippen LogP contribution in [0.15, 0.2) is 40.9 Å². The van der Waals surface area contributed by atoms with E-state index in [9.17, 15) is 9.18 Å². The summed E-state index contributed by atoms with van der Waals surface area (Å²) in [7, 11) is 3.18. The van der Waals surface area contributed by atoms with E-state index in [0.717, 1.165) is 15.6 Å². The minimum absolute atomic E-state index is 0.0269. The van der Waals surface area contributed by atoms with Crippen LogP contribution >= 0.6 is 15.9 Å². The average molecular weight is 410 g/mol. The van der Waals surface area contributed by atoms with Gasteiger partial charge in [-0.15, -0.1) is 0 Å². The van der Waals surface area contributed by atoms with E-state index in [4.69, 9.17) is 9.47 Å². The number of halogens is 2. The van der Waals surface area contributed by atoms with E-state index in [1.165, 1.54) is 12.1 Å². The number of amides is 1. The molecule has 0 atom stereocenters. The fraction of sp³-hybridized carbons (Fsp3) is 0.316. The number of aryl methyl sites for hydroxylation is 1. The van der Waals surface area contributed by atoms with Gasteiger partial charge in [0.15, 0.2) is 11.5 Å². The van der Waals surface area contributed by atoms with Crippen molar-refractivity contribution >= 4 is 21.8 Å². The van der Waals surface area contributed by atoms with Crippen molar-refractivity contribution in [3.63, 3.8) is 0 Å². The van der Waals surface area contributed by atoms with Gasteiger partial charge in [-0.1, -0.05) is 28.1 Å². The summed E-state index contributed by atoms with van der Waals surface area (Å²) >= 11 is 3.51. The summed E-state index contributed by atoms with van der Waals surface area (Å²) in [6.45, 7) is 0.524. The van der Waals surface area contributed by atoms with E-state index in [0.29, 0.717) is 37.3 Å². The first kappa shape index (κ1) is 19.2.